The van der Waals surface area contributed by atoms with Crippen molar-refractivity contribution in [2.75, 3.05) is 82.7 Å². The molecule has 4 aliphatic rings. The lowest BCUT2D eigenvalue weighted by atomic mass is 9.79. The van der Waals surface area contributed by atoms with Crippen LogP contribution < -0.4 is 51.5 Å². The third-order valence-corrected chi connectivity index (χ3v) is 17.7. The van der Waals surface area contributed by atoms with E-state index in [0.717, 1.165) is 129 Å². The zero-order valence-electron chi connectivity index (χ0n) is 58.9. The maximum absolute atomic E-state index is 13.8. The van der Waals surface area contributed by atoms with E-state index in [1.165, 1.54) is 0 Å². The van der Waals surface area contributed by atoms with Crippen molar-refractivity contribution in [1.29, 1.82) is 0 Å². The van der Waals surface area contributed by atoms with Crippen LogP contribution in [-0.2, 0) is 19.1 Å². The lowest BCUT2D eigenvalue weighted by molar-refractivity contribution is -0.150. The molecule has 20 nitrogen and oxygen atoms in total. The van der Waals surface area contributed by atoms with Crippen molar-refractivity contribution in [2.45, 2.75) is 324 Å². The molecule has 0 amide bonds. The molecule has 6 rings (SSSR count). The Morgan fingerprint density at radius 2 is 0.609 bits per heavy atom. The minimum absolute atomic E-state index is 0.0239. The number of rotatable bonds is 30. The van der Waals surface area contributed by atoms with Gasteiger partial charge in [0.2, 0.25) is 35.7 Å². The summed E-state index contributed by atoms with van der Waals surface area (Å²) in [5.74, 6) is 2.26. The van der Waals surface area contributed by atoms with Gasteiger partial charge in [-0.1, -0.05) is 67.2 Å². The van der Waals surface area contributed by atoms with Crippen molar-refractivity contribution in [3.05, 3.63) is 0 Å². The molecule has 0 bridgehead atoms. The topological polar surface area (TPSA) is 215 Å². The second-order valence-electron chi connectivity index (χ2n) is 32.7. The molecule has 0 unspecified atom stereocenters. The molecule has 0 atom stereocenters. The van der Waals surface area contributed by atoms with Crippen LogP contribution in [0.5, 0.6) is 0 Å². The summed E-state index contributed by atoms with van der Waals surface area (Å²) in [4.78, 5) is 68.7. The minimum Gasteiger partial charge on any atom is -0.464 e. The summed E-state index contributed by atoms with van der Waals surface area (Å²) >= 11 is 0. The van der Waals surface area contributed by atoms with E-state index in [1.807, 2.05) is 13.8 Å². The Kier molecular flexibility index (Phi) is 23.8. The average molecular weight is 1220 g/mol. The summed E-state index contributed by atoms with van der Waals surface area (Å²) in [5.41, 5.74) is -1.47. The molecule has 87 heavy (non-hydrogen) atoms. The first-order valence-electron chi connectivity index (χ1n) is 33.8. The van der Waals surface area contributed by atoms with Crippen LogP contribution in [0.2, 0.25) is 0 Å². The fourth-order valence-electron chi connectivity index (χ4n) is 15.4. The number of esters is 2. The van der Waals surface area contributed by atoms with Gasteiger partial charge in [0.25, 0.3) is 0 Å². The number of piperidine rings is 4. The summed E-state index contributed by atoms with van der Waals surface area (Å²) < 4.78 is 11.9. The molecule has 0 spiro atoms. The van der Waals surface area contributed by atoms with Gasteiger partial charge in [-0.2, -0.15) is 29.9 Å². The van der Waals surface area contributed by atoms with E-state index < -0.39 is 17.4 Å². The average Bonchev–Trinajstić information content (AvgIpc) is 0.968. The third-order valence-electron chi connectivity index (χ3n) is 17.7. The first kappa shape index (κ1) is 71.7. The van der Waals surface area contributed by atoms with Gasteiger partial charge in [-0.25, -0.2) is 0 Å². The number of hydrogen-bond donors (Lipinski definition) is 6. The van der Waals surface area contributed by atoms with Crippen LogP contribution in [0.15, 0.2) is 0 Å². The highest BCUT2D eigenvalue weighted by atomic mass is 16.5. The molecule has 20 heteroatoms. The van der Waals surface area contributed by atoms with E-state index in [4.69, 9.17) is 39.4 Å². The summed E-state index contributed by atoms with van der Waals surface area (Å²) in [5, 5.41) is 22.1. The molecule has 4 fully saturated rings. The van der Waals surface area contributed by atoms with Gasteiger partial charge in [0.15, 0.2) is 0 Å². The Bertz CT molecular complexity index is 2180. The van der Waals surface area contributed by atoms with Crippen LogP contribution in [0.1, 0.15) is 255 Å². The summed E-state index contributed by atoms with van der Waals surface area (Å²) in [6, 6.07) is 0.727. The number of nitrogens with zero attached hydrogens (tertiary/aromatic N) is 10. The molecule has 0 saturated carbocycles. The zero-order valence-corrected chi connectivity index (χ0v) is 58.9. The van der Waals surface area contributed by atoms with E-state index in [2.05, 4.69) is 190 Å². The maximum Gasteiger partial charge on any atom is 0.325 e. The van der Waals surface area contributed by atoms with Crippen molar-refractivity contribution in [2.24, 2.45) is 5.41 Å². The van der Waals surface area contributed by atoms with Gasteiger partial charge < -0.3 is 61.0 Å². The van der Waals surface area contributed by atoms with Gasteiger partial charge in [-0.3, -0.25) is 9.59 Å². The second-order valence-corrected chi connectivity index (χ2v) is 32.7. The van der Waals surface area contributed by atoms with Crippen LogP contribution in [0.4, 0.5) is 35.7 Å². The molecular formula is C67H124N16O4. The number of carbonyl (C=O) groups is 2. The van der Waals surface area contributed by atoms with Crippen LogP contribution >= 0.6 is 0 Å². The number of aromatic nitrogens is 6. The number of hydrogen-bond acceptors (Lipinski definition) is 20. The number of unbranched alkanes of at least 4 members (excludes halogenated alkanes) is 4. The predicted molar refractivity (Wildman–Crippen MR) is 359 cm³/mol. The van der Waals surface area contributed by atoms with Crippen LogP contribution in [-0.4, -0.2) is 163 Å². The standard InChI is InChI=1S/C67H124N16O4/c1-23-27-31-80(47-35-60(7,8)76-61(9,10)36-47)55-70-53(71-56(74-55)81(32-28-24-2)48-37-62(11,12)77-63(13,14)38-48)68-43-51(84)86-45-59(5,6)46-87-52(85)44-69-54-72-57(82(33-29-25-3)49-39-64(15,16)78-65(17,18)40-49)75-58(73-54)83(34-30-26-4)50-41-66(19,20)79-67(21,22)42-50/h47-50,76-79H,23-46H2,1-22H3,(H,68,70,71,74)(H,69,72,73,75). The molecule has 4 saturated heterocycles. The highest BCUT2D eigenvalue weighted by Gasteiger charge is 2.46. The Hall–Kier alpha value is -4.40. The monoisotopic (exact) mass is 1220 g/mol. The molecule has 0 aromatic carbocycles. The van der Waals surface area contributed by atoms with Crippen molar-refractivity contribution in [3.63, 3.8) is 0 Å². The van der Waals surface area contributed by atoms with E-state index in [-0.39, 0.29) is 94.8 Å². The Balaban J connectivity index is 1.20. The lowest BCUT2D eigenvalue weighted by Crippen LogP contribution is -2.63. The SMILES string of the molecule is CCCCN(c1nc(NCC(=O)OCC(C)(C)COC(=O)CNc2nc(N(CCCC)C3CC(C)(C)NC(C)(C)C3)nc(N(CCCC)C3CC(C)(C)NC(C)(C)C3)n2)nc(N(CCCC)C2CC(C)(C)NC(C)(C)C2)n1)C1CC(C)(C)NC(C)(C)C1. The molecule has 6 N–H and O–H groups in total. The molecule has 0 radical (unpaired) electrons. The van der Waals surface area contributed by atoms with Crippen LogP contribution in [0, 0.1) is 5.41 Å². The molecule has 2 aromatic heterocycles. The van der Waals surface area contributed by atoms with Gasteiger partial charge in [0.1, 0.15) is 13.1 Å². The number of anilines is 6. The third kappa shape index (κ3) is 21.9. The van der Waals surface area contributed by atoms with Gasteiger partial charge >= 0.3 is 11.9 Å². The zero-order chi connectivity index (χ0) is 64.6. The summed E-state index contributed by atoms with van der Waals surface area (Å²) in [6.07, 6.45) is 15.5. The number of nitrogens with one attached hydrogen (secondary N) is 6. The van der Waals surface area contributed by atoms with Crippen molar-refractivity contribution in [3.8, 4) is 0 Å². The van der Waals surface area contributed by atoms with E-state index in [1.54, 1.807) is 0 Å². The number of ether oxygens (including phenoxy) is 2. The van der Waals surface area contributed by atoms with Crippen molar-refractivity contribution in [1.82, 2.24) is 51.2 Å². The molecule has 4 aliphatic heterocycles. The van der Waals surface area contributed by atoms with E-state index >= 15 is 0 Å². The van der Waals surface area contributed by atoms with E-state index in [9.17, 15) is 9.59 Å². The molecular weight excluding hydrogens is 1090 g/mol. The first-order chi connectivity index (χ1) is 40.3. The normalized spacial score (nSPS) is 21.6. The predicted octanol–water partition coefficient (Wildman–Crippen LogP) is 11.4. The number of carbonyl (C=O) groups excluding carboxylic acids is 2. The van der Waals surface area contributed by atoms with Gasteiger partial charge in [0.05, 0.1) is 13.2 Å². The molecule has 496 valence electrons. The maximum atomic E-state index is 13.8. The molecule has 2 aromatic rings. The van der Waals surface area contributed by atoms with Gasteiger partial charge in [-0.15, -0.1) is 0 Å². The Morgan fingerprint density at radius 1 is 0.402 bits per heavy atom. The Morgan fingerprint density at radius 3 is 0.805 bits per heavy atom. The first-order valence-corrected chi connectivity index (χ1v) is 33.8. The lowest BCUT2D eigenvalue weighted by Gasteiger charge is -2.50. The highest BCUT2D eigenvalue weighted by Crippen LogP contribution is 2.39. The van der Waals surface area contributed by atoms with Crippen LogP contribution in [0.25, 0.3) is 0 Å². The minimum atomic E-state index is -0.703. The molecule has 0 aliphatic carbocycles. The second kappa shape index (κ2) is 28.8. The van der Waals surface area contributed by atoms with Crippen molar-refractivity contribution >= 4 is 47.6 Å². The molecule has 6 heterocycles. The largest absolute Gasteiger partial charge is 0.464 e. The van der Waals surface area contributed by atoms with Crippen LogP contribution in [0.3, 0.4) is 0 Å². The summed E-state index contributed by atoms with van der Waals surface area (Å²) in [6.45, 7) is 52.2. The van der Waals surface area contributed by atoms with Gasteiger partial charge in [-0.05, 0) is 188 Å². The fraction of sp³-hybridized carbons (Fsp3) is 0.881. The van der Waals surface area contributed by atoms with Crippen molar-refractivity contribution < 1.29 is 19.1 Å². The smallest absolute Gasteiger partial charge is 0.325 e. The van der Waals surface area contributed by atoms with E-state index in [0.29, 0.717) is 35.7 Å². The highest BCUT2D eigenvalue weighted by molar-refractivity contribution is 5.75. The summed E-state index contributed by atoms with van der Waals surface area (Å²) in [7, 11) is 0. The quantitative estimate of drug-likeness (QED) is 0.0401. The fourth-order valence-corrected chi connectivity index (χ4v) is 15.4. The Labute approximate surface area is 527 Å². The van der Waals surface area contributed by atoms with Gasteiger partial charge in [0, 0.05) is 100 Å².